The lowest BCUT2D eigenvalue weighted by Gasteiger charge is -2.25. The maximum Gasteiger partial charge on any atom is 0.252 e. The average Bonchev–Trinajstić information content (AvgIpc) is 3.42. The minimum absolute atomic E-state index is 0.0561. The summed E-state index contributed by atoms with van der Waals surface area (Å²) in [6.45, 7) is 5.77. The predicted octanol–water partition coefficient (Wildman–Crippen LogP) is 3.21. The zero-order chi connectivity index (χ0) is 22.9. The van der Waals surface area contributed by atoms with Gasteiger partial charge in [-0.2, -0.15) is 4.31 Å². The second-order valence-electron chi connectivity index (χ2n) is 8.58. The smallest absolute Gasteiger partial charge is 0.252 e. The first-order chi connectivity index (χ1) is 15.3. The fraction of sp³-hybridized carbons (Fsp3) is 0.478. The van der Waals surface area contributed by atoms with Crippen molar-refractivity contribution in [2.45, 2.75) is 50.3 Å². The molecule has 9 heteroatoms. The van der Waals surface area contributed by atoms with Crippen LogP contribution in [0.3, 0.4) is 0 Å². The first-order valence-electron chi connectivity index (χ1n) is 11.0. The summed E-state index contributed by atoms with van der Waals surface area (Å²) in [7, 11) is -3.46. The molecule has 0 spiro atoms. The van der Waals surface area contributed by atoms with E-state index in [9.17, 15) is 18.0 Å². The molecule has 172 valence electrons. The van der Waals surface area contributed by atoms with Crippen molar-refractivity contribution < 1.29 is 18.0 Å². The second-order valence-corrected chi connectivity index (χ2v) is 11.9. The number of rotatable bonds is 6. The number of piperidine rings is 1. The van der Waals surface area contributed by atoms with Crippen LogP contribution in [0.4, 0.5) is 5.69 Å². The molecule has 2 saturated heterocycles. The lowest BCUT2D eigenvalue weighted by molar-refractivity contribution is -0.126. The van der Waals surface area contributed by atoms with Gasteiger partial charge in [-0.05, 0) is 62.1 Å². The molecule has 3 heterocycles. The van der Waals surface area contributed by atoms with Crippen LogP contribution in [0.1, 0.15) is 41.7 Å². The van der Waals surface area contributed by atoms with Gasteiger partial charge in [0, 0.05) is 36.6 Å². The van der Waals surface area contributed by atoms with E-state index >= 15 is 0 Å². The molecule has 1 atom stereocenters. The Morgan fingerprint density at radius 2 is 1.84 bits per heavy atom. The van der Waals surface area contributed by atoms with Crippen LogP contribution >= 0.6 is 11.3 Å². The third-order valence-corrected chi connectivity index (χ3v) is 9.73. The molecule has 0 bridgehead atoms. The van der Waals surface area contributed by atoms with E-state index in [2.05, 4.69) is 5.32 Å². The zero-order valence-corrected chi connectivity index (χ0v) is 20.1. The highest BCUT2D eigenvalue weighted by atomic mass is 32.2. The van der Waals surface area contributed by atoms with Crippen LogP contribution in [-0.4, -0.2) is 44.2 Å². The number of nitrogens with one attached hydrogen (secondary N) is 1. The molecule has 0 radical (unpaired) electrons. The molecule has 2 aliphatic heterocycles. The Morgan fingerprint density at radius 3 is 2.56 bits per heavy atom. The summed E-state index contributed by atoms with van der Waals surface area (Å²) < 4.78 is 27.5. The number of hydrogen-bond acceptors (Lipinski definition) is 5. The van der Waals surface area contributed by atoms with E-state index in [1.54, 1.807) is 21.3 Å². The quantitative estimate of drug-likeness (QED) is 0.695. The monoisotopic (exact) mass is 475 g/mol. The Labute approximate surface area is 193 Å². The van der Waals surface area contributed by atoms with Gasteiger partial charge in [-0.1, -0.05) is 12.5 Å². The largest absolute Gasteiger partial charge is 0.351 e. The van der Waals surface area contributed by atoms with Crippen molar-refractivity contribution in [3.63, 3.8) is 0 Å². The lowest BCUT2D eigenvalue weighted by Crippen LogP contribution is -2.35. The maximum absolute atomic E-state index is 12.8. The molecule has 1 aromatic carbocycles. The third-order valence-electron chi connectivity index (χ3n) is 6.28. The van der Waals surface area contributed by atoms with Crippen LogP contribution in [0.25, 0.3) is 0 Å². The van der Waals surface area contributed by atoms with Crippen molar-refractivity contribution in [3.8, 4) is 0 Å². The van der Waals surface area contributed by atoms with Gasteiger partial charge in [0.2, 0.25) is 11.8 Å². The van der Waals surface area contributed by atoms with E-state index in [0.29, 0.717) is 23.8 Å². The number of thiophene rings is 1. The van der Waals surface area contributed by atoms with Crippen molar-refractivity contribution in [2.75, 3.05) is 24.5 Å². The van der Waals surface area contributed by atoms with Gasteiger partial charge in [0.1, 0.15) is 4.21 Å². The van der Waals surface area contributed by atoms with E-state index in [1.165, 1.54) is 11.3 Å². The van der Waals surface area contributed by atoms with Crippen molar-refractivity contribution in [2.24, 2.45) is 5.92 Å². The molecular weight excluding hydrogens is 446 g/mol. The van der Waals surface area contributed by atoms with Crippen molar-refractivity contribution in [3.05, 3.63) is 46.3 Å². The Hall–Kier alpha value is -2.23. The number of sulfonamides is 1. The summed E-state index contributed by atoms with van der Waals surface area (Å²) in [4.78, 5) is 27.7. The number of nitrogens with zero attached hydrogens (tertiary/aromatic N) is 2. The number of carbonyl (C=O) groups is 2. The van der Waals surface area contributed by atoms with Crippen LogP contribution in [0.2, 0.25) is 0 Å². The zero-order valence-electron chi connectivity index (χ0n) is 18.5. The highest BCUT2D eigenvalue weighted by molar-refractivity contribution is 7.91. The van der Waals surface area contributed by atoms with E-state index < -0.39 is 15.9 Å². The molecular formula is C23H29N3O4S2. The fourth-order valence-corrected chi connectivity index (χ4v) is 7.14. The number of benzene rings is 1. The fourth-order valence-electron chi connectivity index (χ4n) is 4.17. The van der Waals surface area contributed by atoms with Gasteiger partial charge in [0.25, 0.3) is 10.0 Å². The van der Waals surface area contributed by atoms with Crippen LogP contribution in [-0.2, 0) is 26.2 Å². The van der Waals surface area contributed by atoms with Crippen molar-refractivity contribution in [1.29, 1.82) is 0 Å². The number of aryl methyl sites for hydroxylation is 2. The van der Waals surface area contributed by atoms with E-state index in [-0.39, 0.29) is 24.8 Å². The maximum atomic E-state index is 12.8. The summed E-state index contributed by atoms with van der Waals surface area (Å²) in [5.41, 5.74) is 3.09. The first-order valence-corrected chi connectivity index (χ1v) is 13.3. The van der Waals surface area contributed by atoms with Crippen LogP contribution < -0.4 is 10.2 Å². The molecule has 0 aliphatic carbocycles. The first kappa shape index (κ1) is 22.9. The van der Waals surface area contributed by atoms with Crippen LogP contribution in [0.15, 0.2) is 34.5 Å². The summed E-state index contributed by atoms with van der Waals surface area (Å²) in [5, 5.41) is 2.88. The number of anilines is 1. The molecule has 2 amide bonds. The van der Waals surface area contributed by atoms with Gasteiger partial charge in [0.05, 0.1) is 12.5 Å². The SMILES string of the molecule is Cc1ccc(N2CC(C(=O)NCc3ccc(S(=O)(=O)N4CCCCC4)s3)CC2=O)cc1C. The molecule has 32 heavy (non-hydrogen) atoms. The third kappa shape index (κ3) is 4.74. The highest BCUT2D eigenvalue weighted by Gasteiger charge is 2.35. The molecule has 7 nitrogen and oxygen atoms in total. The van der Waals surface area contributed by atoms with Gasteiger partial charge in [-0.3, -0.25) is 9.59 Å². The molecule has 4 rings (SSSR count). The average molecular weight is 476 g/mol. The number of amides is 2. The lowest BCUT2D eigenvalue weighted by atomic mass is 10.1. The normalized spacial score (nSPS) is 20.0. The van der Waals surface area contributed by atoms with E-state index in [0.717, 1.165) is 41.0 Å². The van der Waals surface area contributed by atoms with Gasteiger partial charge in [-0.15, -0.1) is 11.3 Å². The summed E-state index contributed by atoms with van der Waals surface area (Å²) in [6, 6.07) is 9.25. The standard InChI is InChI=1S/C23H29N3O4S2/c1-16-6-7-19(12-17(16)2)26-15-18(13-21(26)27)23(28)24-14-20-8-9-22(31-20)32(29,30)25-10-4-3-5-11-25/h6-9,12,18H,3-5,10-11,13-15H2,1-2H3,(H,24,28). The number of carbonyl (C=O) groups excluding carboxylic acids is 2. The Kier molecular flexibility index (Phi) is 6.69. The molecule has 2 aliphatic rings. The van der Waals surface area contributed by atoms with Gasteiger partial charge in [0.15, 0.2) is 0 Å². The minimum atomic E-state index is -3.46. The summed E-state index contributed by atoms with van der Waals surface area (Å²) in [6.07, 6.45) is 3.04. The van der Waals surface area contributed by atoms with Gasteiger partial charge < -0.3 is 10.2 Å². The topological polar surface area (TPSA) is 86.8 Å². The van der Waals surface area contributed by atoms with Crippen molar-refractivity contribution >= 4 is 38.9 Å². The number of hydrogen-bond donors (Lipinski definition) is 1. The molecule has 2 fully saturated rings. The Bertz CT molecular complexity index is 1120. The van der Waals surface area contributed by atoms with Crippen LogP contribution in [0.5, 0.6) is 0 Å². The van der Waals surface area contributed by atoms with Gasteiger partial charge in [-0.25, -0.2) is 8.42 Å². The Morgan fingerprint density at radius 1 is 1.09 bits per heavy atom. The minimum Gasteiger partial charge on any atom is -0.351 e. The Balaban J connectivity index is 1.35. The molecule has 1 unspecified atom stereocenters. The van der Waals surface area contributed by atoms with E-state index in [4.69, 9.17) is 0 Å². The second kappa shape index (κ2) is 9.33. The predicted molar refractivity (Wildman–Crippen MR) is 125 cm³/mol. The summed E-state index contributed by atoms with van der Waals surface area (Å²) >= 11 is 1.20. The molecule has 0 saturated carbocycles. The summed E-state index contributed by atoms with van der Waals surface area (Å²) in [5.74, 6) is -0.654. The van der Waals surface area contributed by atoms with Crippen LogP contribution in [0, 0.1) is 19.8 Å². The molecule has 1 N–H and O–H groups in total. The van der Waals surface area contributed by atoms with Crippen molar-refractivity contribution in [1.82, 2.24) is 9.62 Å². The molecule has 1 aromatic heterocycles. The van der Waals surface area contributed by atoms with Gasteiger partial charge >= 0.3 is 0 Å². The molecule has 2 aromatic rings. The highest BCUT2D eigenvalue weighted by Crippen LogP contribution is 2.29. The van der Waals surface area contributed by atoms with E-state index in [1.807, 2.05) is 32.0 Å².